The molecule has 0 radical (unpaired) electrons. The van der Waals surface area contributed by atoms with Gasteiger partial charge in [-0.3, -0.25) is 0 Å². The van der Waals surface area contributed by atoms with E-state index in [1.807, 2.05) is 7.05 Å². The lowest BCUT2D eigenvalue weighted by Gasteiger charge is -2.30. The van der Waals surface area contributed by atoms with Crippen molar-refractivity contribution in [1.29, 1.82) is 0 Å². The van der Waals surface area contributed by atoms with E-state index in [1.165, 1.54) is 13.2 Å². The normalized spacial score (nSPS) is 20.0. The monoisotopic (exact) mass is 265 g/mol. The summed E-state index contributed by atoms with van der Waals surface area (Å²) in [5.41, 5.74) is 0.146. The van der Waals surface area contributed by atoms with Crippen molar-refractivity contribution < 1.29 is 19.4 Å². The largest absolute Gasteiger partial charge is 0.493 e. The van der Waals surface area contributed by atoms with Crippen LogP contribution in [0.15, 0.2) is 18.2 Å². The van der Waals surface area contributed by atoms with Crippen LogP contribution in [0, 0.1) is 0 Å². The molecule has 1 saturated heterocycles. The van der Waals surface area contributed by atoms with Crippen molar-refractivity contribution >= 4 is 5.97 Å². The van der Waals surface area contributed by atoms with Gasteiger partial charge in [0.1, 0.15) is 11.7 Å². The molecule has 1 heterocycles. The molecule has 104 valence electrons. The number of hydrogen-bond donors (Lipinski definition) is 1. The molecule has 1 aromatic carbocycles. The molecular formula is C14H19NO4. The molecule has 19 heavy (non-hydrogen) atoms. The molecule has 5 nitrogen and oxygen atoms in total. The van der Waals surface area contributed by atoms with E-state index in [2.05, 4.69) is 4.90 Å². The lowest BCUT2D eigenvalue weighted by molar-refractivity contribution is 0.0674. The summed E-state index contributed by atoms with van der Waals surface area (Å²) in [5, 5.41) is 9.22. The molecule has 2 rings (SSSR count). The Bertz CT molecular complexity index is 461. The van der Waals surface area contributed by atoms with Crippen LogP contribution in [-0.4, -0.2) is 49.3 Å². The predicted octanol–water partition coefficient (Wildman–Crippen LogP) is 1.87. The molecule has 0 bridgehead atoms. The maximum Gasteiger partial charge on any atom is 0.339 e. The van der Waals surface area contributed by atoms with Gasteiger partial charge in [-0.25, -0.2) is 4.79 Å². The Hall–Kier alpha value is -1.75. The zero-order chi connectivity index (χ0) is 13.8. The first-order valence-corrected chi connectivity index (χ1v) is 6.37. The molecule has 0 spiro atoms. The molecule has 1 aromatic rings. The van der Waals surface area contributed by atoms with Gasteiger partial charge >= 0.3 is 5.97 Å². The Morgan fingerprint density at radius 3 is 2.89 bits per heavy atom. The quantitative estimate of drug-likeness (QED) is 0.900. The number of hydrogen-bond acceptors (Lipinski definition) is 4. The standard InChI is InChI=1S/C14H19NO4/c1-15-8-4-5-10(9-15)19-13-11(14(16)17)6-3-7-12(13)18-2/h3,6-7,10H,4-5,8-9H2,1-2H3,(H,16,17). The van der Waals surface area contributed by atoms with Crippen LogP contribution in [0.2, 0.25) is 0 Å². The van der Waals surface area contributed by atoms with Gasteiger partial charge < -0.3 is 19.5 Å². The summed E-state index contributed by atoms with van der Waals surface area (Å²) in [5.74, 6) is -0.205. The zero-order valence-corrected chi connectivity index (χ0v) is 11.3. The molecule has 1 fully saturated rings. The van der Waals surface area contributed by atoms with E-state index in [4.69, 9.17) is 9.47 Å². The second-order valence-corrected chi connectivity index (χ2v) is 4.79. The highest BCUT2D eigenvalue weighted by molar-refractivity contribution is 5.92. The smallest absolute Gasteiger partial charge is 0.339 e. The third-order valence-corrected chi connectivity index (χ3v) is 3.29. The van der Waals surface area contributed by atoms with Gasteiger partial charge in [0.25, 0.3) is 0 Å². The van der Waals surface area contributed by atoms with Gasteiger partial charge in [-0.05, 0) is 38.6 Å². The van der Waals surface area contributed by atoms with Crippen LogP contribution < -0.4 is 9.47 Å². The molecule has 0 saturated carbocycles. The van der Waals surface area contributed by atoms with Gasteiger partial charge in [-0.2, -0.15) is 0 Å². The second kappa shape index (κ2) is 5.93. The average Bonchev–Trinajstić information content (AvgIpc) is 2.38. The number of ether oxygens (including phenoxy) is 2. The summed E-state index contributed by atoms with van der Waals surface area (Å²) in [6.07, 6.45) is 1.99. The van der Waals surface area contributed by atoms with E-state index < -0.39 is 5.97 Å². The molecule has 1 unspecified atom stereocenters. The lowest BCUT2D eigenvalue weighted by Crippen LogP contribution is -2.38. The number of rotatable bonds is 4. The fourth-order valence-electron chi connectivity index (χ4n) is 2.35. The number of para-hydroxylation sites is 1. The highest BCUT2D eigenvalue weighted by Crippen LogP contribution is 2.33. The van der Waals surface area contributed by atoms with Gasteiger partial charge in [-0.1, -0.05) is 6.07 Å². The summed E-state index contributed by atoms with van der Waals surface area (Å²) in [6, 6.07) is 4.91. The van der Waals surface area contributed by atoms with Crippen molar-refractivity contribution in [1.82, 2.24) is 4.90 Å². The van der Waals surface area contributed by atoms with Crippen LogP contribution in [0.3, 0.4) is 0 Å². The first-order valence-electron chi connectivity index (χ1n) is 6.37. The summed E-state index contributed by atoms with van der Waals surface area (Å²) in [4.78, 5) is 13.4. The molecule has 0 amide bonds. The van der Waals surface area contributed by atoms with Crippen molar-refractivity contribution in [2.45, 2.75) is 18.9 Å². The minimum Gasteiger partial charge on any atom is -0.493 e. The van der Waals surface area contributed by atoms with Crippen LogP contribution in [0.4, 0.5) is 0 Å². The fraction of sp³-hybridized carbons (Fsp3) is 0.500. The number of likely N-dealkylation sites (N-methyl/N-ethyl adjacent to an activating group) is 1. The highest BCUT2D eigenvalue weighted by atomic mass is 16.5. The number of likely N-dealkylation sites (tertiary alicyclic amines) is 1. The topological polar surface area (TPSA) is 59.0 Å². The number of nitrogens with zero attached hydrogens (tertiary/aromatic N) is 1. The maximum absolute atomic E-state index is 11.2. The first kappa shape index (κ1) is 13.7. The van der Waals surface area contributed by atoms with Crippen LogP contribution in [-0.2, 0) is 0 Å². The average molecular weight is 265 g/mol. The van der Waals surface area contributed by atoms with E-state index >= 15 is 0 Å². The van der Waals surface area contributed by atoms with Crippen LogP contribution >= 0.6 is 0 Å². The number of carbonyl (C=O) groups is 1. The van der Waals surface area contributed by atoms with Crippen molar-refractivity contribution in [3.8, 4) is 11.5 Å². The summed E-state index contributed by atoms with van der Waals surface area (Å²) in [7, 11) is 3.55. The lowest BCUT2D eigenvalue weighted by atomic mass is 10.1. The summed E-state index contributed by atoms with van der Waals surface area (Å²) in [6.45, 7) is 1.86. The van der Waals surface area contributed by atoms with Gasteiger partial charge in [0.2, 0.25) is 0 Å². The Balaban J connectivity index is 2.24. The van der Waals surface area contributed by atoms with E-state index in [0.29, 0.717) is 11.5 Å². The van der Waals surface area contributed by atoms with Gasteiger partial charge in [0.05, 0.1) is 7.11 Å². The first-order chi connectivity index (χ1) is 9.11. The number of aromatic carboxylic acids is 1. The third kappa shape index (κ3) is 3.17. The maximum atomic E-state index is 11.2. The van der Waals surface area contributed by atoms with Crippen LogP contribution in [0.5, 0.6) is 11.5 Å². The van der Waals surface area contributed by atoms with Gasteiger partial charge in [-0.15, -0.1) is 0 Å². The molecule has 1 atom stereocenters. The predicted molar refractivity (Wildman–Crippen MR) is 71.1 cm³/mol. The molecule has 1 N–H and O–H groups in total. The van der Waals surface area contributed by atoms with Gasteiger partial charge in [0, 0.05) is 6.54 Å². The molecule has 1 aliphatic rings. The van der Waals surface area contributed by atoms with Crippen LogP contribution in [0.25, 0.3) is 0 Å². The molecule has 0 aliphatic carbocycles. The Morgan fingerprint density at radius 2 is 2.26 bits per heavy atom. The molecule has 1 aliphatic heterocycles. The van der Waals surface area contributed by atoms with E-state index in [9.17, 15) is 9.90 Å². The number of benzene rings is 1. The Kier molecular flexibility index (Phi) is 4.27. The number of carboxylic acid groups (broad SMARTS) is 1. The fourth-order valence-corrected chi connectivity index (χ4v) is 2.35. The molecule has 0 aromatic heterocycles. The summed E-state index contributed by atoms with van der Waals surface area (Å²) < 4.78 is 11.1. The minimum absolute atomic E-state index is 0.00755. The summed E-state index contributed by atoms with van der Waals surface area (Å²) >= 11 is 0. The number of piperidine rings is 1. The van der Waals surface area contributed by atoms with E-state index in [1.54, 1.807) is 12.1 Å². The van der Waals surface area contributed by atoms with Crippen molar-refractivity contribution in [2.75, 3.05) is 27.2 Å². The number of carboxylic acids is 1. The Labute approximate surface area is 112 Å². The zero-order valence-electron chi connectivity index (χ0n) is 11.3. The van der Waals surface area contributed by atoms with Crippen molar-refractivity contribution in [2.24, 2.45) is 0 Å². The second-order valence-electron chi connectivity index (χ2n) is 4.79. The Morgan fingerprint density at radius 1 is 1.47 bits per heavy atom. The minimum atomic E-state index is -1.00. The SMILES string of the molecule is COc1cccc(C(=O)O)c1OC1CCCN(C)C1. The highest BCUT2D eigenvalue weighted by Gasteiger charge is 2.23. The van der Waals surface area contributed by atoms with Gasteiger partial charge in [0.15, 0.2) is 11.5 Å². The van der Waals surface area contributed by atoms with Crippen molar-refractivity contribution in [3.05, 3.63) is 23.8 Å². The third-order valence-electron chi connectivity index (χ3n) is 3.29. The molecule has 5 heteroatoms. The molecular weight excluding hydrogens is 246 g/mol. The van der Waals surface area contributed by atoms with Crippen molar-refractivity contribution in [3.63, 3.8) is 0 Å². The van der Waals surface area contributed by atoms with Crippen LogP contribution in [0.1, 0.15) is 23.2 Å². The van der Waals surface area contributed by atoms with E-state index in [0.717, 1.165) is 25.9 Å². The van der Waals surface area contributed by atoms with E-state index in [-0.39, 0.29) is 11.7 Å². The number of methoxy groups -OCH3 is 1.